The molecule has 1 aromatic rings. The highest BCUT2D eigenvalue weighted by Crippen LogP contribution is 2.19. The second-order valence-electron chi connectivity index (χ2n) is 7.64. The van der Waals surface area contributed by atoms with Gasteiger partial charge in [-0.15, -0.1) is 24.0 Å². The molecule has 0 aromatic heterocycles. The van der Waals surface area contributed by atoms with Crippen molar-refractivity contribution >= 4 is 29.9 Å². The molecule has 0 unspecified atom stereocenters. The summed E-state index contributed by atoms with van der Waals surface area (Å²) in [6.07, 6.45) is 8.77. The van der Waals surface area contributed by atoms with Crippen molar-refractivity contribution < 1.29 is 4.74 Å². The Kier molecular flexibility index (Phi) is 11.6. The maximum absolute atomic E-state index is 5.47. The van der Waals surface area contributed by atoms with E-state index >= 15 is 0 Å². The molecule has 3 rings (SSSR count). The van der Waals surface area contributed by atoms with Crippen molar-refractivity contribution in [3.05, 3.63) is 47.0 Å². The number of nitrogens with zero attached hydrogens (tertiary/aromatic N) is 2. The largest absolute Gasteiger partial charge is 0.379 e. The third-order valence-electron chi connectivity index (χ3n) is 5.49. The fourth-order valence-electron chi connectivity index (χ4n) is 3.85. The lowest BCUT2D eigenvalue weighted by atomic mass is 9.97. The predicted molar refractivity (Wildman–Crippen MR) is 132 cm³/mol. The Bertz CT molecular complexity index is 656. The SMILES string of the molecule is CCNC(=NCc1ccccc1CN1CCOCC1)NCCC1=CCCCC1.I. The maximum atomic E-state index is 5.47. The Morgan fingerprint density at radius 3 is 2.62 bits per heavy atom. The van der Waals surface area contributed by atoms with E-state index in [-0.39, 0.29) is 24.0 Å². The van der Waals surface area contributed by atoms with Crippen molar-refractivity contribution in [2.75, 3.05) is 39.4 Å². The zero-order chi connectivity index (χ0) is 19.4. The van der Waals surface area contributed by atoms with Crippen LogP contribution in [0.3, 0.4) is 0 Å². The van der Waals surface area contributed by atoms with Gasteiger partial charge in [0.25, 0.3) is 0 Å². The van der Waals surface area contributed by atoms with Crippen molar-refractivity contribution in [1.29, 1.82) is 0 Å². The molecule has 5 nitrogen and oxygen atoms in total. The van der Waals surface area contributed by atoms with Crippen LogP contribution in [0.25, 0.3) is 0 Å². The fourth-order valence-corrected chi connectivity index (χ4v) is 3.85. The van der Waals surface area contributed by atoms with Crippen LogP contribution in [0.2, 0.25) is 0 Å². The van der Waals surface area contributed by atoms with E-state index < -0.39 is 0 Å². The van der Waals surface area contributed by atoms with E-state index in [1.807, 2.05) is 0 Å². The lowest BCUT2D eigenvalue weighted by molar-refractivity contribution is 0.0341. The number of hydrogen-bond donors (Lipinski definition) is 2. The summed E-state index contributed by atoms with van der Waals surface area (Å²) in [6, 6.07) is 8.68. The molecule has 0 bridgehead atoms. The molecule has 162 valence electrons. The van der Waals surface area contributed by atoms with Crippen LogP contribution in [-0.4, -0.2) is 50.3 Å². The second-order valence-corrected chi connectivity index (χ2v) is 7.64. The number of hydrogen-bond acceptors (Lipinski definition) is 3. The van der Waals surface area contributed by atoms with Crippen LogP contribution in [0, 0.1) is 0 Å². The van der Waals surface area contributed by atoms with Gasteiger partial charge in [0.15, 0.2) is 5.96 Å². The number of morpholine rings is 1. The van der Waals surface area contributed by atoms with E-state index in [9.17, 15) is 0 Å². The summed E-state index contributed by atoms with van der Waals surface area (Å²) >= 11 is 0. The molecule has 29 heavy (non-hydrogen) atoms. The van der Waals surface area contributed by atoms with E-state index in [4.69, 9.17) is 9.73 Å². The molecule has 1 heterocycles. The molecular weight excluding hydrogens is 475 g/mol. The van der Waals surface area contributed by atoms with E-state index in [2.05, 4.69) is 52.8 Å². The van der Waals surface area contributed by atoms with Gasteiger partial charge in [0.1, 0.15) is 0 Å². The number of rotatable bonds is 8. The molecule has 2 aliphatic rings. The predicted octanol–water partition coefficient (Wildman–Crippen LogP) is 4.08. The van der Waals surface area contributed by atoms with Crippen molar-refractivity contribution in [2.24, 2.45) is 4.99 Å². The first kappa shape index (κ1) is 24.2. The normalized spacial score (nSPS) is 18.0. The van der Waals surface area contributed by atoms with Gasteiger partial charge in [-0.3, -0.25) is 4.90 Å². The Hall–Kier alpha value is -1.12. The van der Waals surface area contributed by atoms with Gasteiger partial charge in [-0.25, -0.2) is 4.99 Å². The average Bonchev–Trinajstić information content (AvgIpc) is 2.74. The Morgan fingerprint density at radius 2 is 1.90 bits per heavy atom. The molecule has 1 aliphatic heterocycles. The second kappa shape index (κ2) is 14.0. The molecule has 0 saturated carbocycles. The molecule has 2 N–H and O–H groups in total. The van der Waals surface area contributed by atoms with Crippen molar-refractivity contribution in [1.82, 2.24) is 15.5 Å². The maximum Gasteiger partial charge on any atom is 0.191 e. The third-order valence-corrected chi connectivity index (χ3v) is 5.49. The smallest absolute Gasteiger partial charge is 0.191 e. The van der Waals surface area contributed by atoms with Gasteiger partial charge in [0.05, 0.1) is 19.8 Å². The summed E-state index contributed by atoms with van der Waals surface area (Å²) in [5.41, 5.74) is 4.28. The van der Waals surface area contributed by atoms with E-state index in [0.717, 1.165) is 58.3 Å². The highest BCUT2D eigenvalue weighted by Gasteiger charge is 2.12. The topological polar surface area (TPSA) is 48.9 Å². The number of nitrogens with one attached hydrogen (secondary N) is 2. The first-order chi connectivity index (χ1) is 13.8. The Morgan fingerprint density at radius 1 is 1.10 bits per heavy atom. The number of ether oxygens (including phenoxy) is 1. The number of aliphatic imine (C=N–C) groups is 1. The Balaban J connectivity index is 0.00000300. The van der Waals surface area contributed by atoms with Crippen LogP contribution in [-0.2, 0) is 17.8 Å². The summed E-state index contributed by atoms with van der Waals surface area (Å²) in [4.78, 5) is 7.32. The van der Waals surface area contributed by atoms with Crippen molar-refractivity contribution in [3.63, 3.8) is 0 Å². The van der Waals surface area contributed by atoms with Gasteiger partial charge in [-0.2, -0.15) is 0 Å². The highest BCUT2D eigenvalue weighted by molar-refractivity contribution is 14.0. The quantitative estimate of drug-likeness (QED) is 0.239. The summed E-state index contributed by atoms with van der Waals surface area (Å²) < 4.78 is 5.47. The van der Waals surface area contributed by atoms with Gasteiger partial charge in [-0.1, -0.05) is 35.9 Å². The molecular formula is C23H37IN4O. The van der Waals surface area contributed by atoms with Crippen LogP contribution in [0.4, 0.5) is 0 Å². The van der Waals surface area contributed by atoms with E-state index in [1.165, 1.54) is 36.8 Å². The molecule has 1 saturated heterocycles. The minimum atomic E-state index is 0. The van der Waals surface area contributed by atoms with Crippen LogP contribution in [0.15, 0.2) is 40.9 Å². The minimum absolute atomic E-state index is 0. The van der Waals surface area contributed by atoms with Crippen molar-refractivity contribution in [3.8, 4) is 0 Å². The Labute approximate surface area is 193 Å². The lowest BCUT2D eigenvalue weighted by Crippen LogP contribution is -2.38. The lowest BCUT2D eigenvalue weighted by Gasteiger charge is -2.27. The molecule has 0 amide bonds. The number of halogens is 1. The first-order valence-electron chi connectivity index (χ1n) is 10.9. The van der Waals surface area contributed by atoms with Crippen LogP contribution in [0.5, 0.6) is 0 Å². The summed E-state index contributed by atoms with van der Waals surface area (Å²) in [5.74, 6) is 0.917. The monoisotopic (exact) mass is 512 g/mol. The minimum Gasteiger partial charge on any atom is -0.379 e. The van der Waals surface area contributed by atoms with Gasteiger partial charge < -0.3 is 15.4 Å². The molecule has 1 fully saturated rings. The molecule has 0 spiro atoms. The third kappa shape index (κ3) is 8.64. The van der Waals surface area contributed by atoms with Crippen LogP contribution in [0.1, 0.15) is 50.2 Å². The highest BCUT2D eigenvalue weighted by atomic mass is 127. The molecule has 1 aliphatic carbocycles. The molecule has 6 heteroatoms. The zero-order valence-electron chi connectivity index (χ0n) is 17.8. The van der Waals surface area contributed by atoms with Crippen LogP contribution < -0.4 is 10.6 Å². The summed E-state index contributed by atoms with van der Waals surface area (Å²) in [5, 5.41) is 6.89. The summed E-state index contributed by atoms with van der Waals surface area (Å²) in [7, 11) is 0. The van der Waals surface area contributed by atoms with Crippen LogP contribution >= 0.6 is 24.0 Å². The fraction of sp³-hybridized carbons (Fsp3) is 0.609. The average molecular weight is 512 g/mol. The number of benzene rings is 1. The van der Waals surface area contributed by atoms with Gasteiger partial charge in [-0.05, 0) is 50.2 Å². The van der Waals surface area contributed by atoms with E-state index in [0.29, 0.717) is 6.54 Å². The van der Waals surface area contributed by atoms with Gasteiger partial charge >= 0.3 is 0 Å². The summed E-state index contributed by atoms with van der Waals surface area (Å²) in [6.45, 7) is 9.34. The standard InChI is InChI=1S/C23H36N4O.HI/c1-2-24-23(25-13-12-20-8-4-3-5-9-20)26-18-21-10-6-7-11-22(21)19-27-14-16-28-17-15-27;/h6-8,10-11H,2-5,9,12-19H2,1H3,(H2,24,25,26);1H. The van der Waals surface area contributed by atoms with Crippen molar-refractivity contribution in [2.45, 2.75) is 52.1 Å². The molecule has 1 aromatic carbocycles. The number of allylic oxidation sites excluding steroid dienone is 1. The zero-order valence-corrected chi connectivity index (χ0v) is 20.1. The van der Waals surface area contributed by atoms with Gasteiger partial charge in [0.2, 0.25) is 0 Å². The van der Waals surface area contributed by atoms with Gasteiger partial charge in [0, 0.05) is 32.7 Å². The van der Waals surface area contributed by atoms with E-state index in [1.54, 1.807) is 5.57 Å². The number of guanidine groups is 1. The molecule has 0 atom stereocenters. The first-order valence-corrected chi connectivity index (χ1v) is 10.9. The molecule has 0 radical (unpaired) electrons.